The highest BCUT2D eigenvalue weighted by Gasteiger charge is 2.23. The van der Waals surface area contributed by atoms with E-state index in [-0.39, 0.29) is 0 Å². The molecule has 0 amide bonds. The largest absolute Gasteiger partial charge is 0.382 e. The molecule has 2 aliphatic heterocycles. The summed E-state index contributed by atoms with van der Waals surface area (Å²) in [5, 5.41) is 3.61. The fraction of sp³-hybridized carbons (Fsp3) is 0.667. The summed E-state index contributed by atoms with van der Waals surface area (Å²) >= 11 is 0. The summed E-state index contributed by atoms with van der Waals surface area (Å²) in [6.07, 6.45) is 9.26. The quantitative estimate of drug-likeness (QED) is 0.865. The lowest BCUT2D eigenvalue weighted by atomic mass is 9.95. The summed E-state index contributed by atoms with van der Waals surface area (Å²) in [7, 11) is 0. The van der Waals surface area contributed by atoms with Gasteiger partial charge in [-0.25, -0.2) is 0 Å². The van der Waals surface area contributed by atoms with Crippen LogP contribution in [0.1, 0.15) is 57.9 Å². The molecule has 1 fully saturated rings. The van der Waals surface area contributed by atoms with Gasteiger partial charge in [-0.15, -0.1) is 0 Å². The summed E-state index contributed by atoms with van der Waals surface area (Å²) in [6, 6.07) is 8.47. The van der Waals surface area contributed by atoms with E-state index in [1.54, 1.807) is 0 Å². The van der Waals surface area contributed by atoms with Crippen molar-refractivity contribution in [3.63, 3.8) is 0 Å². The molecule has 0 aromatic heterocycles. The predicted molar refractivity (Wildman–Crippen MR) is 87.7 cm³/mol. The number of rotatable bonds is 3. The molecular weight excluding hydrogens is 244 g/mol. The van der Waals surface area contributed by atoms with Crippen LogP contribution in [-0.2, 0) is 6.42 Å². The summed E-state index contributed by atoms with van der Waals surface area (Å²) in [6.45, 7) is 5.83. The van der Waals surface area contributed by atoms with E-state index >= 15 is 0 Å². The van der Waals surface area contributed by atoms with Crippen LogP contribution in [0.2, 0.25) is 0 Å². The smallest absolute Gasteiger partial charge is 0.0376 e. The molecular formula is C18H28N2. The lowest BCUT2D eigenvalue weighted by molar-refractivity contribution is 0.434. The van der Waals surface area contributed by atoms with Crippen molar-refractivity contribution in [3.05, 3.63) is 23.8 Å². The van der Waals surface area contributed by atoms with Gasteiger partial charge < -0.3 is 10.2 Å². The number of nitrogens with one attached hydrogen (secondary N) is 1. The van der Waals surface area contributed by atoms with Crippen molar-refractivity contribution in [1.82, 2.24) is 0 Å². The average molecular weight is 272 g/mol. The molecule has 20 heavy (non-hydrogen) atoms. The SMILES string of the molecule is CCCC1CCCCN1c1ccc2c(c1)CCC(C)N2. The number of piperidine rings is 1. The van der Waals surface area contributed by atoms with Crippen LogP contribution < -0.4 is 10.2 Å². The van der Waals surface area contributed by atoms with Crippen molar-refractivity contribution < 1.29 is 0 Å². The molecule has 0 bridgehead atoms. The van der Waals surface area contributed by atoms with Crippen LogP contribution in [0.3, 0.4) is 0 Å². The van der Waals surface area contributed by atoms with Crippen LogP contribution in [-0.4, -0.2) is 18.6 Å². The summed E-state index contributed by atoms with van der Waals surface area (Å²) in [5.41, 5.74) is 4.33. The van der Waals surface area contributed by atoms with Crippen molar-refractivity contribution >= 4 is 11.4 Å². The van der Waals surface area contributed by atoms with Crippen LogP contribution in [0, 0.1) is 0 Å². The highest BCUT2D eigenvalue weighted by Crippen LogP contribution is 2.32. The van der Waals surface area contributed by atoms with Gasteiger partial charge in [-0.1, -0.05) is 13.3 Å². The molecule has 2 heteroatoms. The molecule has 0 aliphatic carbocycles. The van der Waals surface area contributed by atoms with Gasteiger partial charge in [0.05, 0.1) is 0 Å². The molecule has 3 rings (SSSR count). The second kappa shape index (κ2) is 6.07. The Morgan fingerprint density at radius 3 is 3.00 bits per heavy atom. The van der Waals surface area contributed by atoms with E-state index in [1.165, 1.54) is 68.4 Å². The number of hydrogen-bond acceptors (Lipinski definition) is 2. The van der Waals surface area contributed by atoms with Gasteiger partial charge >= 0.3 is 0 Å². The summed E-state index contributed by atoms with van der Waals surface area (Å²) < 4.78 is 0. The maximum absolute atomic E-state index is 3.61. The van der Waals surface area contributed by atoms with Gasteiger partial charge in [-0.2, -0.15) is 0 Å². The lowest BCUT2D eigenvalue weighted by Crippen LogP contribution is -2.39. The van der Waals surface area contributed by atoms with Crippen LogP contribution in [0.25, 0.3) is 0 Å². The van der Waals surface area contributed by atoms with E-state index in [0.717, 1.165) is 6.04 Å². The Labute approximate surface area is 123 Å². The van der Waals surface area contributed by atoms with Gasteiger partial charge in [0.1, 0.15) is 0 Å². The standard InChI is InChI=1S/C18H28N2/c1-3-6-16-7-4-5-12-20(16)17-10-11-18-15(13-17)9-8-14(2)19-18/h10-11,13-14,16,19H,3-9,12H2,1-2H3. The average Bonchev–Trinajstić information content (AvgIpc) is 2.48. The molecule has 2 aliphatic rings. The minimum absolute atomic E-state index is 0.621. The van der Waals surface area contributed by atoms with Gasteiger partial charge in [0.25, 0.3) is 0 Å². The minimum Gasteiger partial charge on any atom is -0.382 e. The number of nitrogens with zero attached hydrogens (tertiary/aromatic N) is 1. The number of anilines is 2. The molecule has 0 radical (unpaired) electrons. The number of aryl methyl sites for hydroxylation is 1. The Morgan fingerprint density at radius 1 is 1.25 bits per heavy atom. The maximum Gasteiger partial charge on any atom is 0.0376 e. The van der Waals surface area contributed by atoms with Crippen molar-refractivity contribution in [2.75, 3.05) is 16.8 Å². The first-order chi connectivity index (χ1) is 9.78. The molecule has 1 aromatic carbocycles. The zero-order chi connectivity index (χ0) is 13.9. The van der Waals surface area contributed by atoms with Crippen molar-refractivity contribution in [1.29, 1.82) is 0 Å². The Balaban J connectivity index is 1.82. The molecule has 1 aromatic rings. The van der Waals surface area contributed by atoms with E-state index in [2.05, 4.69) is 42.3 Å². The van der Waals surface area contributed by atoms with Gasteiger partial charge in [0.2, 0.25) is 0 Å². The Morgan fingerprint density at radius 2 is 2.15 bits per heavy atom. The first-order valence-corrected chi connectivity index (χ1v) is 8.44. The molecule has 2 heterocycles. The normalized spacial score (nSPS) is 26.0. The third-order valence-corrected chi connectivity index (χ3v) is 4.92. The van der Waals surface area contributed by atoms with Crippen molar-refractivity contribution in [2.24, 2.45) is 0 Å². The monoisotopic (exact) mass is 272 g/mol. The number of fused-ring (bicyclic) bond motifs is 1. The fourth-order valence-corrected chi connectivity index (χ4v) is 3.79. The molecule has 0 spiro atoms. The highest BCUT2D eigenvalue weighted by molar-refractivity contribution is 5.62. The predicted octanol–water partition coefficient (Wildman–Crippen LogP) is 4.59. The van der Waals surface area contributed by atoms with E-state index in [9.17, 15) is 0 Å². The molecule has 110 valence electrons. The van der Waals surface area contributed by atoms with Gasteiger partial charge in [0, 0.05) is 30.0 Å². The molecule has 1 saturated heterocycles. The third-order valence-electron chi connectivity index (χ3n) is 4.92. The first-order valence-electron chi connectivity index (χ1n) is 8.44. The Hall–Kier alpha value is -1.18. The molecule has 1 N–H and O–H groups in total. The fourth-order valence-electron chi connectivity index (χ4n) is 3.79. The first kappa shape index (κ1) is 13.8. The highest BCUT2D eigenvalue weighted by atomic mass is 15.2. The molecule has 2 atom stereocenters. The van der Waals surface area contributed by atoms with E-state index in [0.29, 0.717) is 6.04 Å². The van der Waals surface area contributed by atoms with Crippen LogP contribution in [0.15, 0.2) is 18.2 Å². The maximum atomic E-state index is 3.61. The van der Waals surface area contributed by atoms with E-state index in [4.69, 9.17) is 0 Å². The molecule has 2 unspecified atom stereocenters. The van der Waals surface area contributed by atoms with Gasteiger partial charge in [-0.3, -0.25) is 0 Å². The van der Waals surface area contributed by atoms with Crippen LogP contribution >= 0.6 is 0 Å². The zero-order valence-corrected chi connectivity index (χ0v) is 13.0. The summed E-state index contributed by atoms with van der Waals surface area (Å²) in [5.74, 6) is 0. The Bertz CT molecular complexity index is 453. The van der Waals surface area contributed by atoms with Crippen LogP contribution in [0.5, 0.6) is 0 Å². The van der Waals surface area contributed by atoms with Gasteiger partial charge in [0.15, 0.2) is 0 Å². The lowest BCUT2D eigenvalue weighted by Gasteiger charge is -2.38. The third kappa shape index (κ3) is 2.79. The van der Waals surface area contributed by atoms with E-state index < -0.39 is 0 Å². The second-order valence-electron chi connectivity index (χ2n) is 6.56. The van der Waals surface area contributed by atoms with E-state index in [1.807, 2.05) is 0 Å². The minimum atomic E-state index is 0.621. The molecule has 2 nitrogen and oxygen atoms in total. The molecule has 0 saturated carbocycles. The van der Waals surface area contributed by atoms with Crippen molar-refractivity contribution in [2.45, 2.75) is 70.9 Å². The summed E-state index contributed by atoms with van der Waals surface area (Å²) in [4.78, 5) is 2.67. The number of benzene rings is 1. The van der Waals surface area contributed by atoms with Gasteiger partial charge in [-0.05, 0) is 69.2 Å². The van der Waals surface area contributed by atoms with Crippen molar-refractivity contribution in [3.8, 4) is 0 Å². The second-order valence-corrected chi connectivity index (χ2v) is 6.56. The topological polar surface area (TPSA) is 15.3 Å². The Kier molecular flexibility index (Phi) is 4.18. The number of hydrogen-bond donors (Lipinski definition) is 1. The zero-order valence-electron chi connectivity index (χ0n) is 13.0. The van der Waals surface area contributed by atoms with Crippen LogP contribution in [0.4, 0.5) is 11.4 Å².